The summed E-state index contributed by atoms with van der Waals surface area (Å²) in [6.07, 6.45) is 0. The van der Waals surface area contributed by atoms with Crippen molar-refractivity contribution in [2.45, 2.75) is 31.4 Å². The molecule has 0 fully saturated rings. The minimum Gasteiger partial charge on any atom is -0.462 e. The van der Waals surface area contributed by atoms with E-state index in [2.05, 4.69) is 32.0 Å². The van der Waals surface area contributed by atoms with Crippen LogP contribution in [-0.4, -0.2) is 12.6 Å². The summed E-state index contributed by atoms with van der Waals surface area (Å²) >= 11 is 2.70. The van der Waals surface area contributed by atoms with Crippen molar-refractivity contribution in [3.63, 3.8) is 0 Å². The predicted octanol–water partition coefficient (Wildman–Crippen LogP) is 4.29. The van der Waals surface area contributed by atoms with Crippen molar-refractivity contribution in [3.05, 3.63) is 45.3 Å². The van der Waals surface area contributed by atoms with Crippen LogP contribution >= 0.6 is 23.1 Å². The number of anilines is 1. The largest absolute Gasteiger partial charge is 0.462 e. The van der Waals surface area contributed by atoms with E-state index in [1.165, 1.54) is 11.1 Å². The molecule has 2 N–H and O–H groups in total. The third-order valence-electron chi connectivity index (χ3n) is 3.47. The number of thiophene rings is 1. The Morgan fingerprint density at radius 1 is 1.39 bits per heavy atom. The Bertz CT molecular complexity index is 776. The molecule has 0 aliphatic carbocycles. The van der Waals surface area contributed by atoms with Crippen molar-refractivity contribution in [2.75, 3.05) is 12.3 Å². The van der Waals surface area contributed by atoms with Crippen molar-refractivity contribution in [3.8, 4) is 6.07 Å². The fraction of sp³-hybridized carbons (Fsp3) is 0.294. The quantitative estimate of drug-likeness (QED) is 0.645. The Hall–Kier alpha value is -1.97. The van der Waals surface area contributed by atoms with E-state index in [1.54, 1.807) is 18.7 Å². The van der Waals surface area contributed by atoms with E-state index >= 15 is 0 Å². The van der Waals surface area contributed by atoms with Gasteiger partial charge in [0, 0.05) is 16.2 Å². The van der Waals surface area contributed by atoms with Crippen LogP contribution in [0.5, 0.6) is 0 Å². The number of carbonyl (C=O) groups excluding carboxylic acids is 1. The maximum Gasteiger partial charge on any atom is 0.348 e. The number of carbonyl (C=O) groups is 1. The zero-order valence-electron chi connectivity index (χ0n) is 13.3. The second kappa shape index (κ2) is 7.53. The summed E-state index contributed by atoms with van der Waals surface area (Å²) in [5.41, 5.74) is 9.37. The Morgan fingerprint density at radius 3 is 2.74 bits per heavy atom. The summed E-state index contributed by atoms with van der Waals surface area (Å²) in [7, 11) is 0. The lowest BCUT2D eigenvalue weighted by Crippen LogP contribution is -2.05. The van der Waals surface area contributed by atoms with Crippen LogP contribution in [0.15, 0.2) is 23.1 Å². The molecule has 0 saturated carbocycles. The number of benzene rings is 1. The minimum atomic E-state index is -0.415. The van der Waals surface area contributed by atoms with Gasteiger partial charge in [0.05, 0.1) is 12.2 Å². The number of nitriles is 1. The van der Waals surface area contributed by atoms with Gasteiger partial charge in [-0.15, -0.1) is 23.1 Å². The zero-order chi connectivity index (χ0) is 17.0. The van der Waals surface area contributed by atoms with Crippen LogP contribution in [0.2, 0.25) is 0 Å². The number of thioether (sulfide) groups is 1. The number of ether oxygens (including phenoxy) is 1. The first kappa shape index (κ1) is 17.4. The van der Waals surface area contributed by atoms with Crippen LogP contribution in [-0.2, 0) is 10.5 Å². The van der Waals surface area contributed by atoms with Crippen molar-refractivity contribution in [1.29, 1.82) is 5.26 Å². The van der Waals surface area contributed by atoms with Crippen LogP contribution in [0.4, 0.5) is 5.00 Å². The molecule has 2 aromatic rings. The molecule has 0 amide bonds. The van der Waals surface area contributed by atoms with Gasteiger partial charge in [0.15, 0.2) is 0 Å². The summed E-state index contributed by atoms with van der Waals surface area (Å²) in [6.45, 7) is 6.18. The van der Waals surface area contributed by atoms with Gasteiger partial charge in [-0.2, -0.15) is 5.26 Å². The number of esters is 1. The normalized spacial score (nSPS) is 10.3. The molecule has 2 rings (SSSR count). The second-order valence-electron chi connectivity index (χ2n) is 5.02. The fourth-order valence-corrected chi connectivity index (χ4v) is 4.11. The monoisotopic (exact) mass is 346 g/mol. The van der Waals surface area contributed by atoms with Gasteiger partial charge in [0.25, 0.3) is 0 Å². The van der Waals surface area contributed by atoms with E-state index in [9.17, 15) is 10.1 Å². The molecule has 0 atom stereocenters. The lowest BCUT2D eigenvalue weighted by Gasteiger charge is -2.07. The van der Waals surface area contributed by atoms with E-state index < -0.39 is 5.97 Å². The Morgan fingerprint density at radius 2 is 2.13 bits per heavy atom. The Balaban J connectivity index is 2.29. The van der Waals surface area contributed by atoms with Gasteiger partial charge >= 0.3 is 5.97 Å². The zero-order valence-corrected chi connectivity index (χ0v) is 14.9. The molecular formula is C17H18N2O2S2. The molecule has 1 aromatic heterocycles. The first-order valence-electron chi connectivity index (χ1n) is 7.16. The SMILES string of the molecule is CCOC(=O)c1sc(N)c(C#N)c1CSc1ccc(C)c(C)c1. The van der Waals surface area contributed by atoms with Gasteiger partial charge in [-0.3, -0.25) is 0 Å². The molecule has 4 nitrogen and oxygen atoms in total. The number of hydrogen-bond acceptors (Lipinski definition) is 6. The molecule has 0 saturated heterocycles. The highest BCUT2D eigenvalue weighted by Gasteiger charge is 2.22. The van der Waals surface area contributed by atoms with Crippen LogP contribution in [0.25, 0.3) is 0 Å². The van der Waals surface area contributed by atoms with Crippen molar-refractivity contribution >= 4 is 34.1 Å². The first-order chi connectivity index (χ1) is 11.0. The highest BCUT2D eigenvalue weighted by atomic mass is 32.2. The van der Waals surface area contributed by atoms with Crippen molar-refractivity contribution in [2.24, 2.45) is 0 Å². The lowest BCUT2D eigenvalue weighted by atomic mass is 10.1. The highest BCUT2D eigenvalue weighted by molar-refractivity contribution is 7.98. The molecule has 0 aliphatic heterocycles. The first-order valence-corrected chi connectivity index (χ1v) is 8.96. The van der Waals surface area contributed by atoms with Crippen LogP contribution in [0, 0.1) is 25.2 Å². The molecule has 0 unspecified atom stereocenters. The summed E-state index contributed by atoms with van der Waals surface area (Å²) < 4.78 is 5.07. The molecule has 1 aromatic carbocycles. The second-order valence-corrected chi connectivity index (χ2v) is 7.12. The van der Waals surface area contributed by atoms with Crippen molar-refractivity contribution in [1.82, 2.24) is 0 Å². The number of nitrogens with zero attached hydrogens (tertiary/aromatic N) is 1. The van der Waals surface area contributed by atoms with Gasteiger partial charge in [0.2, 0.25) is 0 Å². The van der Waals surface area contributed by atoms with Crippen LogP contribution in [0.3, 0.4) is 0 Å². The smallest absolute Gasteiger partial charge is 0.348 e. The standard InChI is InChI=1S/C17H18N2O2S2/c1-4-21-17(20)15-14(13(8-18)16(19)23-15)9-22-12-6-5-10(2)11(3)7-12/h5-7H,4,9,19H2,1-3H3. The van der Waals surface area contributed by atoms with Gasteiger partial charge in [-0.25, -0.2) is 4.79 Å². The van der Waals surface area contributed by atoms with Gasteiger partial charge < -0.3 is 10.5 Å². The van der Waals surface area contributed by atoms with Crippen LogP contribution in [0.1, 0.15) is 38.8 Å². The van der Waals surface area contributed by atoms with Crippen LogP contribution < -0.4 is 5.73 Å². The summed E-state index contributed by atoms with van der Waals surface area (Å²) in [5, 5.41) is 9.68. The van der Waals surface area contributed by atoms with E-state index in [4.69, 9.17) is 10.5 Å². The number of nitrogens with two attached hydrogens (primary N) is 1. The molecule has 23 heavy (non-hydrogen) atoms. The van der Waals surface area contributed by atoms with E-state index in [0.29, 0.717) is 33.4 Å². The van der Waals surface area contributed by atoms with E-state index in [1.807, 2.05) is 6.07 Å². The third-order valence-corrected chi connectivity index (χ3v) is 5.53. The fourth-order valence-electron chi connectivity index (χ4n) is 2.07. The van der Waals surface area contributed by atoms with Gasteiger partial charge in [-0.05, 0) is 44.0 Å². The Kier molecular flexibility index (Phi) is 5.69. The molecule has 1 heterocycles. The molecule has 0 radical (unpaired) electrons. The molecular weight excluding hydrogens is 328 g/mol. The average Bonchev–Trinajstić information content (AvgIpc) is 2.84. The maximum absolute atomic E-state index is 12.1. The number of nitrogen functional groups attached to an aromatic ring is 1. The molecule has 0 aliphatic rings. The summed E-state index contributed by atoms with van der Waals surface area (Å²) in [6, 6.07) is 8.31. The minimum absolute atomic E-state index is 0.294. The highest BCUT2D eigenvalue weighted by Crippen LogP contribution is 2.35. The topological polar surface area (TPSA) is 76.1 Å². The Labute approximate surface area is 144 Å². The number of hydrogen-bond donors (Lipinski definition) is 1. The molecule has 6 heteroatoms. The third kappa shape index (κ3) is 3.87. The van der Waals surface area contributed by atoms with Gasteiger partial charge in [0.1, 0.15) is 15.9 Å². The summed E-state index contributed by atoms with van der Waals surface area (Å²) in [5.74, 6) is 0.0918. The molecule has 120 valence electrons. The number of rotatable bonds is 5. The predicted molar refractivity (Wildman–Crippen MR) is 94.9 cm³/mol. The maximum atomic E-state index is 12.1. The van der Waals surface area contributed by atoms with E-state index in [-0.39, 0.29) is 0 Å². The van der Waals surface area contributed by atoms with Gasteiger partial charge in [-0.1, -0.05) is 6.07 Å². The summed E-state index contributed by atoms with van der Waals surface area (Å²) in [4.78, 5) is 13.6. The average molecular weight is 346 g/mol. The van der Waals surface area contributed by atoms with Crippen molar-refractivity contribution < 1.29 is 9.53 Å². The molecule has 0 spiro atoms. The van der Waals surface area contributed by atoms with E-state index in [0.717, 1.165) is 16.2 Å². The molecule has 0 bridgehead atoms. The number of aryl methyl sites for hydroxylation is 2. The lowest BCUT2D eigenvalue weighted by molar-refractivity contribution is 0.0531.